The van der Waals surface area contributed by atoms with Crippen LogP contribution < -0.4 is 20.1 Å². The van der Waals surface area contributed by atoms with E-state index in [2.05, 4.69) is 16.7 Å². The maximum Gasteiger partial charge on any atom is 0.242 e. The number of carbonyl (C=O) groups excluding carboxylic acids is 1. The highest BCUT2D eigenvalue weighted by Crippen LogP contribution is 2.32. The molecule has 2 aromatic carbocycles. The van der Waals surface area contributed by atoms with Gasteiger partial charge in [-0.05, 0) is 63.6 Å². The van der Waals surface area contributed by atoms with Crippen LogP contribution in [0.1, 0.15) is 39.7 Å². The standard InChI is InChI=1S/C22H27N3O3/c1-6-22(3,4)25-21(26)15(2)24-17-8-10-18(11-9-17)28-19-12-7-16(14-23)13-20(19)27-5/h7-13,15,24H,6H2,1-5H3,(H,25,26). The summed E-state index contributed by atoms with van der Waals surface area (Å²) in [5.74, 6) is 1.59. The molecule has 0 aliphatic heterocycles. The molecule has 6 heteroatoms. The Labute approximate surface area is 166 Å². The summed E-state index contributed by atoms with van der Waals surface area (Å²) in [6.07, 6.45) is 0.857. The number of carbonyl (C=O) groups is 1. The summed E-state index contributed by atoms with van der Waals surface area (Å²) in [5.41, 5.74) is 1.09. The molecule has 28 heavy (non-hydrogen) atoms. The SMILES string of the molecule is CCC(C)(C)NC(=O)C(C)Nc1ccc(Oc2ccc(C#N)cc2OC)cc1. The van der Waals surface area contributed by atoms with Crippen molar-refractivity contribution in [1.82, 2.24) is 5.32 Å². The van der Waals surface area contributed by atoms with Gasteiger partial charge in [0.05, 0.1) is 18.7 Å². The molecule has 0 aliphatic carbocycles. The molecule has 1 atom stereocenters. The first-order valence-corrected chi connectivity index (χ1v) is 9.22. The van der Waals surface area contributed by atoms with Crippen LogP contribution in [0, 0.1) is 11.3 Å². The molecule has 2 aromatic rings. The van der Waals surface area contributed by atoms with Crippen molar-refractivity contribution in [3.63, 3.8) is 0 Å². The molecular formula is C22H27N3O3. The quantitative estimate of drug-likeness (QED) is 0.705. The van der Waals surface area contributed by atoms with Gasteiger partial charge in [0.15, 0.2) is 11.5 Å². The molecule has 2 rings (SSSR count). The third-order valence-electron chi connectivity index (χ3n) is 4.50. The van der Waals surface area contributed by atoms with Crippen LogP contribution in [0.4, 0.5) is 5.69 Å². The van der Waals surface area contributed by atoms with E-state index in [1.807, 2.05) is 39.8 Å². The molecule has 148 valence electrons. The molecule has 1 unspecified atom stereocenters. The maximum absolute atomic E-state index is 12.3. The van der Waals surface area contributed by atoms with Crippen molar-refractivity contribution in [1.29, 1.82) is 5.26 Å². The van der Waals surface area contributed by atoms with Crippen LogP contribution in [0.2, 0.25) is 0 Å². The van der Waals surface area contributed by atoms with E-state index in [-0.39, 0.29) is 17.5 Å². The lowest BCUT2D eigenvalue weighted by atomic mass is 10.0. The zero-order chi connectivity index (χ0) is 20.7. The van der Waals surface area contributed by atoms with Crippen molar-refractivity contribution in [3.8, 4) is 23.3 Å². The van der Waals surface area contributed by atoms with E-state index < -0.39 is 0 Å². The van der Waals surface area contributed by atoms with E-state index in [1.54, 1.807) is 30.3 Å². The second-order valence-corrected chi connectivity index (χ2v) is 7.20. The number of ether oxygens (including phenoxy) is 2. The van der Waals surface area contributed by atoms with Gasteiger partial charge in [-0.1, -0.05) is 6.92 Å². The number of nitriles is 1. The molecule has 0 fully saturated rings. The number of anilines is 1. The van der Waals surface area contributed by atoms with Crippen LogP contribution in [-0.4, -0.2) is 24.6 Å². The molecule has 0 heterocycles. The average Bonchev–Trinajstić information content (AvgIpc) is 2.69. The molecule has 2 N–H and O–H groups in total. The number of hydrogen-bond acceptors (Lipinski definition) is 5. The summed E-state index contributed by atoms with van der Waals surface area (Å²) in [5, 5.41) is 15.2. The molecule has 0 bridgehead atoms. The average molecular weight is 381 g/mol. The van der Waals surface area contributed by atoms with Crippen LogP contribution in [0.15, 0.2) is 42.5 Å². The Balaban J connectivity index is 2.02. The number of benzene rings is 2. The Morgan fingerprint density at radius 1 is 1.18 bits per heavy atom. The Hall–Kier alpha value is -3.20. The molecule has 0 saturated heterocycles. The van der Waals surface area contributed by atoms with Crippen LogP contribution in [0.25, 0.3) is 0 Å². The van der Waals surface area contributed by atoms with Gasteiger partial charge in [0, 0.05) is 17.3 Å². The minimum absolute atomic E-state index is 0.0468. The molecule has 1 amide bonds. The lowest BCUT2D eigenvalue weighted by Crippen LogP contribution is -2.48. The lowest BCUT2D eigenvalue weighted by molar-refractivity contribution is -0.123. The summed E-state index contributed by atoms with van der Waals surface area (Å²) in [4.78, 5) is 12.3. The third-order valence-corrected chi connectivity index (χ3v) is 4.50. The summed E-state index contributed by atoms with van der Waals surface area (Å²) in [6, 6.07) is 14.0. The van der Waals surface area contributed by atoms with Gasteiger partial charge in [0.2, 0.25) is 5.91 Å². The summed E-state index contributed by atoms with van der Waals surface area (Å²) in [7, 11) is 1.53. The highest BCUT2D eigenvalue weighted by atomic mass is 16.5. The van der Waals surface area contributed by atoms with Crippen LogP contribution in [0.3, 0.4) is 0 Å². The number of hydrogen-bond donors (Lipinski definition) is 2. The molecule has 0 spiro atoms. The molecule has 0 saturated carbocycles. The number of nitrogens with zero attached hydrogens (tertiary/aromatic N) is 1. The van der Waals surface area contributed by atoms with E-state index in [0.717, 1.165) is 12.1 Å². The van der Waals surface area contributed by atoms with E-state index in [0.29, 0.717) is 22.8 Å². The van der Waals surface area contributed by atoms with Crippen LogP contribution in [0.5, 0.6) is 17.2 Å². The van der Waals surface area contributed by atoms with Crippen molar-refractivity contribution < 1.29 is 14.3 Å². The fourth-order valence-electron chi connectivity index (χ4n) is 2.41. The highest BCUT2D eigenvalue weighted by Gasteiger charge is 2.21. The third kappa shape index (κ3) is 5.65. The predicted molar refractivity (Wildman–Crippen MR) is 110 cm³/mol. The second kappa shape index (κ2) is 9.14. The first-order chi connectivity index (χ1) is 13.3. The number of amides is 1. The van der Waals surface area contributed by atoms with Crippen LogP contribution >= 0.6 is 0 Å². The largest absolute Gasteiger partial charge is 0.493 e. The molecule has 0 aromatic heterocycles. The summed E-state index contributed by atoms with van der Waals surface area (Å²) in [6.45, 7) is 7.87. The molecule has 6 nitrogen and oxygen atoms in total. The number of rotatable bonds is 8. The van der Waals surface area contributed by atoms with E-state index in [1.165, 1.54) is 7.11 Å². The summed E-state index contributed by atoms with van der Waals surface area (Å²) >= 11 is 0. The molecular weight excluding hydrogens is 354 g/mol. The zero-order valence-corrected chi connectivity index (χ0v) is 17.0. The van der Waals surface area contributed by atoms with E-state index in [9.17, 15) is 4.79 Å². The smallest absolute Gasteiger partial charge is 0.242 e. The van der Waals surface area contributed by atoms with E-state index in [4.69, 9.17) is 14.7 Å². The van der Waals surface area contributed by atoms with Crippen LogP contribution in [-0.2, 0) is 4.79 Å². The van der Waals surface area contributed by atoms with Gasteiger partial charge >= 0.3 is 0 Å². The van der Waals surface area contributed by atoms with Gasteiger partial charge in [0.1, 0.15) is 11.8 Å². The lowest BCUT2D eigenvalue weighted by Gasteiger charge is -2.27. The second-order valence-electron chi connectivity index (χ2n) is 7.20. The highest BCUT2D eigenvalue weighted by molar-refractivity contribution is 5.84. The Morgan fingerprint density at radius 3 is 2.43 bits per heavy atom. The van der Waals surface area contributed by atoms with Crippen molar-refractivity contribution in [3.05, 3.63) is 48.0 Å². The predicted octanol–water partition coefficient (Wildman–Crippen LogP) is 4.46. The van der Waals surface area contributed by atoms with Gasteiger partial charge in [-0.15, -0.1) is 0 Å². The maximum atomic E-state index is 12.3. The number of methoxy groups -OCH3 is 1. The Bertz CT molecular complexity index is 854. The van der Waals surface area contributed by atoms with Gasteiger partial charge in [-0.2, -0.15) is 5.26 Å². The fourth-order valence-corrected chi connectivity index (χ4v) is 2.41. The van der Waals surface area contributed by atoms with Crippen molar-refractivity contribution in [2.75, 3.05) is 12.4 Å². The number of nitrogens with one attached hydrogen (secondary N) is 2. The van der Waals surface area contributed by atoms with Gasteiger partial charge in [-0.3, -0.25) is 4.79 Å². The molecule has 0 radical (unpaired) electrons. The fraction of sp³-hybridized carbons (Fsp3) is 0.364. The van der Waals surface area contributed by atoms with E-state index >= 15 is 0 Å². The monoisotopic (exact) mass is 381 g/mol. The van der Waals surface area contributed by atoms with Crippen molar-refractivity contribution in [2.24, 2.45) is 0 Å². The Kier molecular flexibility index (Phi) is 6.89. The minimum Gasteiger partial charge on any atom is -0.493 e. The Morgan fingerprint density at radius 2 is 1.86 bits per heavy atom. The van der Waals surface area contributed by atoms with Gasteiger partial charge < -0.3 is 20.1 Å². The zero-order valence-electron chi connectivity index (χ0n) is 17.0. The van der Waals surface area contributed by atoms with Crippen molar-refractivity contribution >= 4 is 11.6 Å². The minimum atomic E-state index is -0.365. The first kappa shape index (κ1) is 21.1. The van der Waals surface area contributed by atoms with Gasteiger partial charge in [0.25, 0.3) is 0 Å². The molecule has 0 aliphatic rings. The van der Waals surface area contributed by atoms with Gasteiger partial charge in [-0.25, -0.2) is 0 Å². The first-order valence-electron chi connectivity index (χ1n) is 9.22. The van der Waals surface area contributed by atoms with Crippen molar-refractivity contribution in [2.45, 2.75) is 45.7 Å². The topological polar surface area (TPSA) is 83.4 Å². The summed E-state index contributed by atoms with van der Waals surface area (Å²) < 4.78 is 11.1. The normalized spacial score (nSPS) is 11.9.